The summed E-state index contributed by atoms with van der Waals surface area (Å²) in [6.07, 6.45) is 3.87. The highest BCUT2D eigenvalue weighted by Crippen LogP contribution is 2.14. The molecule has 0 aromatic carbocycles. The van der Waals surface area contributed by atoms with Crippen LogP contribution in [0.4, 0.5) is 0 Å². The SMILES string of the molecule is CC(C)(C)S(=O)/N=C/[C@H]1CCCO1. The number of ether oxygens (including phenoxy) is 1. The molecule has 0 spiro atoms. The van der Waals surface area contributed by atoms with Crippen molar-refractivity contribution in [2.75, 3.05) is 6.61 Å². The van der Waals surface area contributed by atoms with E-state index >= 15 is 0 Å². The molecule has 0 amide bonds. The first-order chi connectivity index (χ1) is 6.00. The van der Waals surface area contributed by atoms with Gasteiger partial charge in [0, 0.05) is 12.8 Å². The van der Waals surface area contributed by atoms with E-state index in [4.69, 9.17) is 4.74 Å². The largest absolute Gasteiger partial charge is 0.373 e. The highest BCUT2D eigenvalue weighted by molar-refractivity contribution is 7.85. The molecule has 76 valence electrons. The second kappa shape index (κ2) is 4.33. The summed E-state index contributed by atoms with van der Waals surface area (Å²) in [4.78, 5) is 0. The van der Waals surface area contributed by atoms with Gasteiger partial charge >= 0.3 is 0 Å². The van der Waals surface area contributed by atoms with Gasteiger partial charge in [0.15, 0.2) is 0 Å². The van der Waals surface area contributed by atoms with Crippen molar-refractivity contribution < 1.29 is 8.95 Å². The minimum Gasteiger partial charge on any atom is -0.373 e. The zero-order valence-electron chi connectivity index (χ0n) is 8.45. The minimum absolute atomic E-state index is 0.0892. The molecule has 0 aliphatic carbocycles. The molecule has 1 aliphatic rings. The second-order valence-corrected chi connectivity index (χ2v) is 6.10. The van der Waals surface area contributed by atoms with Crippen molar-refractivity contribution in [1.29, 1.82) is 0 Å². The van der Waals surface area contributed by atoms with E-state index in [2.05, 4.69) is 4.40 Å². The zero-order chi connectivity index (χ0) is 9.90. The average molecular weight is 203 g/mol. The van der Waals surface area contributed by atoms with Gasteiger partial charge in [-0.15, -0.1) is 0 Å². The first-order valence-corrected chi connectivity index (χ1v) is 5.68. The molecule has 0 saturated carbocycles. The lowest BCUT2D eigenvalue weighted by atomic mass is 10.3. The van der Waals surface area contributed by atoms with Crippen LogP contribution in [0.3, 0.4) is 0 Å². The lowest BCUT2D eigenvalue weighted by Gasteiger charge is -2.13. The summed E-state index contributed by atoms with van der Waals surface area (Å²) in [5, 5.41) is 0. The monoisotopic (exact) mass is 203 g/mol. The third-order valence-electron chi connectivity index (χ3n) is 1.81. The minimum atomic E-state index is -1.14. The van der Waals surface area contributed by atoms with Crippen LogP contribution < -0.4 is 0 Å². The van der Waals surface area contributed by atoms with Crippen LogP contribution in [-0.2, 0) is 15.7 Å². The molecule has 0 N–H and O–H groups in total. The van der Waals surface area contributed by atoms with Crippen LogP contribution >= 0.6 is 0 Å². The molecule has 1 rings (SSSR count). The van der Waals surface area contributed by atoms with E-state index in [0.29, 0.717) is 0 Å². The molecule has 1 unspecified atom stereocenters. The van der Waals surface area contributed by atoms with Gasteiger partial charge in [-0.2, -0.15) is 4.40 Å². The summed E-state index contributed by atoms with van der Waals surface area (Å²) in [5.74, 6) is 0. The molecule has 2 atom stereocenters. The van der Waals surface area contributed by atoms with Crippen LogP contribution in [0.15, 0.2) is 4.40 Å². The van der Waals surface area contributed by atoms with E-state index in [1.807, 2.05) is 20.8 Å². The van der Waals surface area contributed by atoms with Gasteiger partial charge < -0.3 is 4.74 Å². The first-order valence-electron chi connectivity index (χ1n) is 4.58. The number of hydrogen-bond donors (Lipinski definition) is 0. The Morgan fingerprint density at radius 1 is 1.54 bits per heavy atom. The Morgan fingerprint density at radius 3 is 2.69 bits per heavy atom. The molecule has 1 fully saturated rings. The second-order valence-electron chi connectivity index (χ2n) is 4.17. The maximum Gasteiger partial charge on any atom is 0.144 e. The van der Waals surface area contributed by atoms with Crippen molar-refractivity contribution in [2.24, 2.45) is 4.40 Å². The van der Waals surface area contributed by atoms with Crippen molar-refractivity contribution >= 4 is 17.2 Å². The fraction of sp³-hybridized carbons (Fsp3) is 0.889. The van der Waals surface area contributed by atoms with E-state index in [1.54, 1.807) is 6.21 Å². The molecule has 1 aliphatic heterocycles. The molecular weight excluding hydrogens is 186 g/mol. The van der Waals surface area contributed by atoms with Gasteiger partial charge in [0.1, 0.15) is 11.0 Å². The van der Waals surface area contributed by atoms with Gasteiger partial charge in [-0.3, -0.25) is 0 Å². The predicted octanol–water partition coefficient (Wildman–Crippen LogP) is 1.70. The maximum atomic E-state index is 11.5. The van der Waals surface area contributed by atoms with Gasteiger partial charge in [0.2, 0.25) is 0 Å². The van der Waals surface area contributed by atoms with Gasteiger partial charge in [-0.25, -0.2) is 4.21 Å². The summed E-state index contributed by atoms with van der Waals surface area (Å²) in [5.41, 5.74) is 0. The third kappa shape index (κ3) is 3.56. The molecule has 4 heteroatoms. The number of hydrogen-bond acceptors (Lipinski definition) is 2. The Balaban J connectivity index is 2.43. The normalized spacial score (nSPS) is 26.8. The van der Waals surface area contributed by atoms with E-state index in [9.17, 15) is 4.21 Å². The van der Waals surface area contributed by atoms with Crippen molar-refractivity contribution in [1.82, 2.24) is 0 Å². The van der Waals surface area contributed by atoms with Crippen LogP contribution in [0.5, 0.6) is 0 Å². The fourth-order valence-corrected chi connectivity index (χ4v) is 1.56. The highest BCUT2D eigenvalue weighted by atomic mass is 32.2. The molecule has 0 aromatic rings. The molecule has 3 nitrogen and oxygen atoms in total. The topological polar surface area (TPSA) is 38.7 Å². The van der Waals surface area contributed by atoms with Crippen molar-refractivity contribution in [2.45, 2.75) is 44.5 Å². The Bertz CT molecular complexity index is 214. The lowest BCUT2D eigenvalue weighted by Crippen LogP contribution is -2.20. The summed E-state index contributed by atoms with van der Waals surface area (Å²) >= 11 is 0. The Labute approximate surface area is 82.2 Å². The molecule has 0 aromatic heterocycles. The number of nitrogens with zero attached hydrogens (tertiary/aromatic N) is 1. The van der Waals surface area contributed by atoms with Crippen LogP contribution in [-0.4, -0.2) is 27.9 Å². The summed E-state index contributed by atoms with van der Waals surface area (Å²) in [6.45, 7) is 6.54. The van der Waals surface area contributed by atoms with E-state index in [-0.39, 0.29) is 10.9 Å². The first kappa shape index (κ1) is 10.9. The molecule has 0 radical (unpaired) electrons. The van der Waals surface area contributed by atoms with Crippen LogP contribution in [0, 0.1) is 0 Å². The van der Waals surface area contributed by atoms with Gasteiger partial charge in [0.05, 0.1) is 10.9 Å². The third-order valence-corrected chi connectivity index (χ3v) is 3.17. The molecule has 1 heterocycles. The predicted molar refractivity (Wildman–Crippen MR) is 55.4 cm³/mol. The molecule has 13 heavy (non-hydrogen) atoms. The molecule has 0 bridgehead atoms. The quantitative estimate of drug-likeness (QED) is 0.641. The average Bonchev–Trinajstić information content (AvgIpc) is 2.50. The fourth-order valence-electron chi connectivity index (χ4n) is 1.00. The Kier molecular flexibility index (Phi) is 3.62. The van der Waals surface area contributed by atoms with Gasteiger partial charge in [-0.1, -0.05) is 0 Å². The Morgan fingerprint density at radius 2 is 2.23 bits per heavy atom. The standard InChI is InChI=1S/C9H17NO2S/c1-9(2,3)13(11)10-7-8-5-4-6-12-8/h7-8H,4-6H2,1-3H3/b10-7+/t8-,13?/m1/s1. The van der Waals surface area contributed by atoms with E-state index in [0.717, 1.165) is 19.4 Å². The summed E-state index contributed by atoms with van der Waals surface area (Å²) < 4.78 is 20.5. The van der Waals surface area contributed by atoms with Crippen LogP contribution in [0.25, 0.3) is 0 Å². The Hall–Kier alpha value is -0.220. The van der Waals surface area contributed by atoms with Gasteiger partial charge in [-0.05, 0) is 33.6 Å². The zero-order valence-corrected chi connectivity index (χ0v) is 9.26. The van der Waals surface area contributed by atoms with Crippen molar-refractivity contribution in [3.05, 3.63) is 0 Å². The van der Waals surface area contributed by atoms with E-state index in [1.165, 1.54) is 0 Å². The highest BCUT2D eigenvalue weighted by Gasteiger charge is 2.19. The molecule has 1 saturated heterocycles. The van der Waals surface area contributed by atoms with Crippen LogP contribution in [0.1, 0.15) is 33.6 Å². The number of rotatable bonds is 2. The molecular formula is C9H17NO2S. The smallest absolute Gasteiger partial charge is 0.144 e. The summed E-state index contributed by atoms with van der Waals surface area (Å²) in [7, 11) is -1.14. The van der Waals surface area contributed by atoms with Crippen LogP contribution in [0.2, 0.25) is 0 Å². The summed E-state index contributed by atoms with van der Waals surface area (Å²) in [6, 6.07) is 0. The van der Waals surface area contributed by atoms with Crippen molar-refractivity contribution in [3.8, 4) is 0 Å². The lowest BCUT2D eigenvalue weighted by molar-refractivity contribution is 0.162. The van der Waals surface area contributed by atoms with Crippen molar-refractivity contribution in [3.63, 3.8) is 0 Å². The van der Waals surface area contributed by atoms with E-state index < -0.39 is 11.0 Å². The maximum absolute atomic E-state index is 11.5. The van der Waals surface area contributed by atoms with Gasteiger partial charge in [0.25, 0.3) is 0 Å².